The first-order valence-electron chi connectivity index (χ1n) is 10.7. The number of benzene rings is 2. The predicted octanol–water partition coefficient (Wildman–Crippen LogP) is 2.82. The van der Waals surface area contributed by atoms with Crippen molar-refractivity contribution in [1.82, 2.24) is 8.87 Å². The van der Waals surface area contributed by atoms with Crippen molar-refractivity contribution in [1.29, 1.82) is 0 Å². The molecule has 1 saturated heterocycles. The van der Waals surface area contributed by atoms with E-state index in [1.165, 1.54) is 21.7 Å². The van der Waals surface area contributed by atoms with Gasteiger partial charge in [-0.3, -0.25) is 4.79 Å². The fraction of sp³-hybridized carbons (Fsp3) is 0.304. The summed E-state index contributed by atoms with van der Waals surface area (Å²) < 4.78 is 53.7. The Balaban J connectivity index is 1.67. The summed E-state index contributed by atoms with van der Waals surface area (Å²) in [7, 11) is -7.07. The number of hydrogen-bond donors (Lipinski definition) is 0. The maximum absolute atomic E-state index is 13.1. The van der Waals surface area contributed by atoms with Gasteiger partial charge in [0.05, 0.1) is 25.9 Å². The van der Waals surface area contributed by atoms with Crippen LogP contribution in [0.2, 0.25) is 0 Å². The molecule has 11 heteroatoms. The number of thiazole rings is 1. The van der Waals surface area contributed by atoms with Gasteiger partial charge in [-0.25, -0.2) is 16.8 Å². The van der Waals surface area contributed by atoms with Crippen molar-refractivity contribution in [2.45, 2.75) is 29.2 Å². The first kappa shape index (κ1) is 24.5. The number of rotatable bonds is 6. The van der Waals surface area contributed by atoms with E-state index in [-0.39, 0.29) is 22.2 Å². The molecule has 1 aromatic heterocycles. The number of amides is 1. The zero-order valence-corrected chi connectivity index (χ0v) is 21.1. The molecule has 1 aliphatic heterocycles. The average Bonchev–Trinajstić information content (AvgIpc) is 3.15. The molecule has 1 atom stereocenters. The minimum absolute atomic E-state index is 0.0736. The van der Waals surface area contributed by atoms with Crippen LogP contribution in [0.15, 0.2) is 76.0 Å². The van der Waals surface area contributed by atoms with E-state index in [0.29, 0.717) is 35.4 Å². The molecule has 1 amide bonds. The van der Waals surface area contributed by atoms with E-state index in [4.69, 9.17) is 0 Å². The lowest BCUT2D eigenvalue weighted by Gasteiger charge is -2.30. The van der Waals surface area contributed by atoms with Crippen molar-refractivity contribution >= 4 is 47.3 Å². The smallest absolute Gasteiger partial charge is 0.252 e. The monoisotopic (exact) mass is 519 g/mol. The Hall–Kier alpha value is -2.60. The SMILES string of the molecule is C=CCn1c(=NC(=O)C2CCCN(S(=O)(=O)c3ccccc3)C2)sc2cc(S(C)(=O)=O)ccc21. The summed E-state index contributed by atoms with van der Waals surface area (Å²) in [6.07, 6.45) is 3.93. The van der Waals surface area contributed by atoms with Crippen LogP contribution in [0.3, 0.4) is 0 Å². The molecule has 8 nitrogen and oxygen atoms in total. The van der Waals surface area contributed by atoms with Gasteiger partial charge >= 0.3 is 0 Å². The van der Waals surface area contributed by atoms with Crippen LogP contribution in [-0.4, -0.2) is 51.0 Å². The van der Waals surface area contributed by atoms with Crippen LogP contribution in [0.25, 0.3) is 10.2 Å². The Labute approximate surface area is 202 Å². The van der Waals surface area contributed by atoms with Crippen LogP contribution in [0, 0.1) is 5.92 Å². The lowest BCUT2D eigenvalue weighted by molar-refractivity contribution is -0.122. The summed E-state index contributed by atoms with van der Waals surface area (Å²) in [5.41, 5.74) is 0.751. The number of piperidine rings is 1. The van der Waals surface area contributed by atoms with Gasteiger partial charge in [0, 0.05) is 25.9 Å². The highest BCUT2D eigenvalue weighted by Gasteiger charge is 2.33. The van der Waals surface area contributed by atoms with Crippen molar-refractivity contribution in [2.75, 3.05) is 19.3 Å². The Morgan fingerprint density at radius 3 is 2.56 bits per heavy atom. The molecule has 0 aliphatic carbocycles. The molecule has 3 aromatic rings. The van der Waals surface area contributed by atoms with Gasteiger partial charge in [-0.2, -0.15) is 9.30 Å². The highest BCUT2D eigenvalue weighted by atomic mass is 32.2. The van der Waals surface area contributed by atoms with Crippen LogP contribution in [0.5, 0.6) is 0 Å². The summed E-state index contributed by atoms with van der Waals surface area (Å²) >= 11 is 1.22. The molecule has 1 aliphatic rings. The van der Waals surface area contributed by atoms with Gasteiger partial charge in [-0.05, 0) is 43.2 Å². The Morgan fingerprint density at radius 2 is 1.88 bits per heavy atom. The number of allylic oxidation sites excluding steroid dienone is 1. The molecule has 0 bridgehead atoms. The molecule has 0 spiro atoms. The standard InChI is InChI=1S/C23H25N3O5S3/c1-3-13-26-20-12-11-19(33(2,28)29)15-21(20)32-23(26)24-22(27)17-8-7-14-25(16-17)34(30,31)18-9-5-4-6-10-18/h3-6,9-12,15,17H,1,7-8,13-14,16H2,2H3. The predicted molar refractivity (Wildman–Crippen MR) is 132 cm³/mol. The molecule has 0 saturated carbocycles. The third kappa shape index (κ3) is 4.92. The van der Waals surface area contributed by atoms with Gasteiger partial charge in [0.15, 0.2) is 14.6 Å². The van der Waals surface area contributed by atoms with Gasteiger partial charge < -0.3 is 4.57 Å². The first-order chi connectivity index (χ1) is 16.1. The third-order valence-corrected chi connectivity index (χ3v) is 9.74. The van der Waals surface area contributed by atoms with Crippen molar-refractivity contribution < 1.29 is 21.6 Å². The van der Waals surface area contributed by atoms with Gasteiger partial charge in [0.25, 0.3) is 5.91 Å². The lowest BCUT2D eigenvalue weighted by atomic mass is 9.99. The minimum Gasteiger partial charge on any atom is -0.313 e. The summed E-state index contributed by atoms with van der Waals surface area (Å²) in [6, 6.07) is 13.0. The van der Waals surface area contributed by atoms with E-state index in [9.17, 15) is 21.6 Å². The van der Waals surface area contributed by atoms with E-state index >= 15 is 0 Å². The van der Waals surface area contributed by atoms with Gasteiger partial charge in [0.2, 0.25) is 10.0 Å². The first-order valence-corrected chi connectivity index (χ1v) is 14.8. The molecular formula is C23H25N3O5S3. The normalized spacial score (nSPS) is 18.3. The largest absolute Gasteiger partial charge is 0.313 e. The second-order valence-electron chi connectivity index (χ2n) is 8.15. The summed E-state index contributed by atoms with van der Waals surface area (Å²) in [5, 5.41) is 0. The van der Waals surface area contributed by atoms with Crippen molar-refractivity contribution in [2.24, 2.45) is 10.9 Å². The topological polar surface area (TPSA) is 106 Å². The molecule has 0 radical (unpaired) electrons. The fourth-order valence-electron chi connectivity index (χ4n) is 3.96. The molecule has 1 fully saturated rings. The number of nitrogens with zero attached hydrogens (tertiary/aromatic N) is 3. The molecular weight excluding hydrogens is 494 g/mol. The number of carbonyl (C=O) groups excluding carboxylic acids is 1. The van der Waals surface area contributed by atoms with Crippen LogP contribution >= 0.6 is 11.3 Å². The zero-order valence-electron chi connectivity index (χ0n) is 18.6. The van der Waals surface area contributed by atoms with E-state index in [2.05, 4.69) is 11.6 Å². The van der Waals surface area contributed by atoms with E-state index in [1.807, 2.05) is 0 Å². The third-order valence-electron chi connectivity index (χ3n) is 5.71. The van der Waals surface area contributed by atoms with Gasteiger partial charge in [-0.15, -0.1) is 6.58 Å². The Kier molecular flexibility index (Phi) is 6.90. The average molecular weight is 520 g/mol. The number of fused-ring (bicyclic) bond motifs is 1. The van der Waals surface area contributed by atoms with E-state index in [0.717, 1.165) is 11.8 Å². The number of aromatic nitrogens is 1. The van der Waals surface area contributed by atoms with Crippen molar-refractivity contribution in [3.63, 3.8) is 0 Å². The second kappa shape index (κ2) is 9.57. The fourth-order valence-corrected chi connectivity index (χ4v) is 7.32. The molecule has 2 heterocycles. The summed E-state index contributed by atoms with van der Waals surface area (Å²) in [6.45, 7) is 4.58. The quantitative estimate of drug-likeness (QED) is 0.466. The van der Waals surface area contributed by atoms with Crippen LogP contribution in [-0.2, 0) is 31.2 Å². The highest BCUT2D eigenvalue weighted by molar-refractivity contribution is 7.90. The minimum atomic E-state index is -3.69. The summed E-state index contributed by atoms with van der Waals surface area (Å²) in [4.78, 5) is 18.3. The van der Waals surface area contributed by atoms with Gasteiger partial charge in [-0.1, -0.05) is 35.6 Å². The molecule has 180 valence electrons. The maximum Gasteiger partial charge on any atom is 0.252 e. The molecule has 4 rings (SSSR count). The Bertz CT molecular complexity index is 1520. The number of sulfonamides is 1. The number of sulfone groups is 1. The molecule has 2 aromatic carbocycles. The van der Waals surface area contributed by atoms with E-state index in [1.54, 1.807) is 53.1 Å². The molecule has 34 heavy (non-hydrogen) atoms. The second-order valence-corrected chi connectivity index (χ2v) is 13.1. The van der Waals surface area contributed by atoms with Crippen molar-refractivity contribution in [3.8, 4) is 0 Å². The van der Waals surface area contributed by atoms with Gasteiger partial charge in [0.1, 0.15) is 0 Å². The Morgan fingerprint density at radius 1 is 1.15 bits per heavy atom. The lowest BCUT2D eigenvalue weighted by Crippen LogP contribution is -2.42. The number of carbonyl (C=O) groups is 1. The van der Waals surface area contributed by atoms with Crippen LogP contribution in [0.4, 0.5) is 0 Å². The highest BCUT2D eigenvalue weighted by Crippen LogP contribution is 2.25. The maximum atomic E-state index is 13.1. The summed E-state index contributed by atoms with van der Waals surface area (Å²) in [5.74, 6) is -0.943. The van der Waals surface area contributed by atoms with Crippen LogP contribution in [0.1, 0.15) is 12.8 Å². The molecule has 0 N–H and O–H groups in total. The van der Waals surface area contributed by atoms with Crippen molar-refractivity contribution in [3.05, 3.63) is 66.0 Å². The number of hydrogen-bond acceptors (Lipinski definition) is 6. The van der Waals surface area contributed by atoms with E-state index < -0.39 is 25.8 Å². The van der Waals surface area contributed by atoms with Crippen LogP contribution < -0.4 is 4.80 Å². The zero-order chi connectivity index (χ0) is 24.5. The molecule has 1 unspecified atom stereocenters.